The van der Waals surface area contributed by atoms with E-state index >= 15 is 0 Å². The van der Waals surface area contributed by atoms with E-state index in [0.29, 0.717) is 19.0 Å². The highest BCUT2D eigenvalue weighted by atomic mass is 32.1. The van der Waals surface area contributed by atoms with Crippen LogP contribution in [-0.4, -0.2) is 36.8 Å². The van der Waals surface area contributed by atoms with Crippen LogP contribution in [0.1, 0.15) is 21.9 Å². The number of oxazole rings is 1. The molecule has 0 amide bonds. The Kier molecular flexibility index (Phi) is 3.63. The van der Waals surface area contributed by atoms with Gasteiger partial charge in [-0.1, -0.05) is 6.07 Å². The van der Waals surface area contributed by atoms with E-state index < -0.39 is 5.97 Å². The van der Waals surface area contributed by atoms with Crippen LogP contribution in [0.5, 0.6) is 0 Å². The van der Waals surface area contributed by atoms with Crippen LogP contribution in [0.4, 0.5) is 0 Å². The lowest BCUT2D eigenvalue weighted by atomic mass is 10.2. The van der Waals surface area contributed by atoms with Gasteiger partial charge in [-0.2, -0.15) is 8.75 Å². The van der Waals surface area contributed by atoms with Crippen molar-refractivity contribution in [3.8, 4) is 0 Å². The van der Waals surface area contributed by atoms with Crippen LogP contribution >= 0.6 is 11.7 Å². The maximum atomic E-state index is 10.7. The van der Waals surface area contributed by atoms with E-state index in [0.717, 1.165) is 22.9 Å². The minimum Gasteiger partial charge on any atom is -0.476 e. The molecular weight excluding hydrogens is 292 g/mol. The summed E-state index contributed by atoms with van der Waals surface area (Å²) in [6.07, 6.45) is 1.15. The van der Waals surface area contributed by atoms with Crippen molar-refractivity contribution in [2.45, 2.75) is 13.1 Å². The standard InChI is InChI=1S/C13H12N4O3S/c1-17(6-12-14-11(7-20-12)13(18)19)5-8-2-3-9-10(4-8)16-21-15-9/h2-4,7H,5-6H2,1H3,(H,18,19). The molecule has 0 saturated heterocycles. The van der Waals surface area contributed by atoms with Gasteiger partial charge in [0, 0.05) is 6.54 Å². The normalized spacial score (nSPS) is 11.3. The van der Waals surface area contributed by atoms with Crippen molar-refractivity contribution in [3.05, 3.63) is 41.6 Å². The maximum absolute atomic E-state index is 10.7. The van der Waals surface area contributed by atoms with E-state index in [-0.39, 0.29) is 5.69 Å². The van der Waals surface area contributed by atoms with Crippen LogP contribution in [0.25, 0.3) is 11.0 Å². The lowest BCUT2D eigenvalue weighted by Gasteiger charge is -2.14. The number of carboxylic acid groups (broad SMARTS) is 1. The predicted octanol–water partition coefficient (Wildman–Crippen LogP) is 2.01. The molecule has 0 aliphatic carbocycles. The first-order valence-corrected chi connectivity index (χ1v) is 6.92. The van der Waals surface area contributed by atoms with Crippen molar-refractivity contribution in [3.63, 3.8) is 0 Å². The Morgan fingerprint density at radius 2 is 2.14 bits per heavy atom. The third-order valence-corrected chi connectivity index (χ3v) is 3.50. The Balaban J connectivity index is 1.67. The number of aromatic carboxylic acids is 1. The summed E-state index contributed by atoms with van der Waals surface area (Å²) in [4.78, 5) is 16.6. The molecule has 0 radical (unpaired) electrons. The molecule has 108 valence electrons. The van der Waals surface area contributed by atoms with Crippen LogP contribution in [-0.2, 0) is 13.1 Å². The van der Waals surface area contributed by atoms with Gasteiger partial charge in [0.1, 0.15) is 17.3 Å². The molecule has 3 rings (SSSR count). The molecule has 0 saturated carbocycles. The van der Waals surface area contributed by atoms with Gasteiger partial charge >= 0.3 is 5.97 Å². The summed E-state index contributed by atoms with van der Waals surface area (Å²) in [7, 11) is 1.91. The van der Waals surface area contributed by atoms with Crippen molar-refractivity contribution in [1.29, 1.82) is 0 Å². The molecule has 21 heavy (non-hydrogen) atoms. The average Bonchev–Trinajstić information content (AvgIpc) is 3.06. The molecule has 0 aliphatic rings. The van der Waals surface area contributed by atoms with E-state index in [2.05, 4.69) is 13.7 Å². The largest absolute Gasteiger partial charge is 0.476 e. The highest BCUT2D eigenvalue weighted by molar-refractivity contribution is 7.00. The number of rotatable bonds is 5. The van der Waals surface area contributed by atoms with E-state index in [1.165, 1.54) is 11.7 Å². The minimum absolute atomic E-state index is 0.0756. The van der Waals surface area contributed by atoms with Gasteiger partial charge in [-0.25, -0.2) is 9.78 Å². The zero-order chi connectivity index (χ0) is 14.8. The van der Waals surface area contributed by atoms with Crippen LogP contribution < -0.4 is 0 Å². The molecule has 1 aromatic carbocycles. The van der Waals surface area contributed by atoms with Crippen LogP contribution in [0.3, 0.4) is 0 Å². The molecule has 1 N–H and O–H groups in total. The monoisotopic (exact) mass is 304 g/mol. The molecule has 0 aliphatic heterocycles. The Hall–Kier alpha value is -2.32. The number of hydrogen-bond acceptors (Lipinski definition) is 7. The number of hydrogen-bond donors (Lipinski definition) is 1. The summed E-state index contributed by atoms with van der Waals surface area (Å²) < 4.78 is 13.5. The second-order valence-electron chi connectivity index (χ2n) is 4.69. The fourth-order valence-corrected chi connectivity index (χ4v) is 2.52. The second kappa shape index (κ2) is 5.58. The summed E-state index contributed by atoms with van der Waals surface area (Å²) in [5.74, 6) is -0.708. The number of aromatic nitrogens is 3. The third-order valence-electron chi connectivity index (χ3n) is 2.95. The van der Waals surface area contributed by atoms with Crippen molar-refractivity contribution in [2.75, 3.05) is 7.05 Å². The first-order valence-electron chi connectivity index (χ1n) is 6.19. The average molecular weight is 304 g/mol. The van der Waals surface area contributed by atoms with Crippen LogP contribution in [0.2, 0.25) is 0 Å². The van der Waals surface area contributed by atoms with E-state index in [1.807, 2.05) is 30.1 Å². The molecule has 0 bridgehead atoms. The lowest BCUT2D eigenvalue weighted by Crippen LogP contribution is -2.17. The number of nitrogens with zero attached hydrogens (tertiary/aromatic N) is 4. The molecular formula is C13H12N4O3S. The zero-order valence-electron chi connectivity index (χ0n) is 11.2. The van der Waals surface area contributed by atoms with E-state index in [1.54, 1.807) is 0 Å². The highest BCUT2D eigenvalue weighted by Gasteiger charge is 2.12. The van der Waals surface area contributed by atoms with Crippen LogP contribution in [0.15, 0.2) is 28.9 Å². The molecule has 0 spiro atoms. The molecule has 8 heteroatoms. The fourth-order valence-electron chi connectivity index (χ4n) is 2.01. The fraction of sp³-hybridized carbons (Fsp3) is 0.231. The van der Waals surface area contributed by atoms with Gasteiger partial charge in [-0.3, -0.25) is 4.90 Å². The summed E-state index contributed by atoms with van der Waals surface area (Å²) in [6.45, 7) is 1.11. The number of carbonyl (C=O) groups is 1. The first-order chi connectivity index (χ1) is 10.1. The number of fused-ring (bicyclic) bond motifs is 1. The molecule has 0 fully saturated rings. The topological polar surface area (TPSA) is 92.4 Å². The first kappa shape index (κ1) is 13.7. The minimum atomic E-state index is -1.09. The SMILES string of the molecule is CN(Cc1ccc2nsnc2c1)Cc1nc(C(=O)O)co1. The Morgan fingerprint density at radius 3 is 2.90 bits per heavy atom. The number of benzene rings is 1. The highest BCUT2D eigenvalue weighted by Crippen LogP contribution is 2.15. The lowest BCUT2D eigenvalue weighted by molar-refractivity contribution is 0.0690. The van der Waals surface area contributed by atoms with Crippen LogP contribution in [0, 0.1) is 0 Å². The van der Waals surface area contributed by atoms with Crippen molar-refractivity contribution >= 4 is 28.7 Å². The smallest absolute Gasteiger partial charge is 0.357 e. The van der Waals surface area contributed by atoms with E-state index in [4.69, 9.17) is 9.52 Å². The Bertz CT molecular complexity index is 782. The molecule has 2 aromatic heterocycles. The molecule has 0 atom stereocenters. The molecule has 0 unspecified atom stereocenters. The van der Waals surface area contributed by atoms with Crippen molar-refractivity contribution in [1.82, 2.24) is 18.6 Å². The molecule has 3 aromatic rings. The summed E-state index contributed by atoms with van der Waals surface area (Å²) >= 11 is 1.19. The van der Waals surface area contributed by atoms with Crippen molar-refractivity contribution < 1.29 is 14.3 Å². The summed E-state index contributed by atoms with van der Waals surface area (Å²) in [5, 5.41) is 8.80. The van der Waals surface area contributed by atoms with Crippen molar-refractivity contribution in [2.24, 2.45) is 0 Å². The van der Waals surface area contributed by atoms with Gasteiger partial charge in [-0.05, 0) is 24.7 Å². The van der Waals surface area contributed by atoms with Gasteiger partial charge in [0.2, 0.25) is 5.89 Å². The van der Waals surface area contributed by atoms with Gasteiger partial charge in [0.05, 0.1) is 18.3 Å². The zero-order valence-corrected chi connectivity index (χ0v) is 12.0. The van der Waals surface area contributed by atoms with Gasteiger partial charge < -0.3 is 9.52 Å². The quantitative estimate of drug-likeness (QED) is 0.770. The van der Waals surface area contributed by atoms with Gasteiger partial charge in [0.25, 0.3) is 0 Å². The van der Waals surface area contributed by atoms with Gasteiger partial charge in [0.15, 0.2) is 5.69 Å². The second-order valence-corrected chi connectivity index (χ2v) is 5.22. The third kappa shape index (κ3) is 3.06. The number of carboxylic acids is 1. The maximum Gasteiger partial charge on any atom is 0.357 e. The predicted molar refractivity (Wildman–Crippen MR) is 76.0 cm³/mol. The van der Waals surface area contributed by atoms with E-state index in [9.17, 15) is 4.79 Å². The Morgan fingerprint density at radius 1 is 1.33 bits per heavy atom. The summed E-state index contributed by atoms with van der Waals surface area (Å²) in [6, 6.07) is 5.93. The summed E-state index contributed by atoms with van der Waals surface area (Å²) in [5.41, 5.74) is 2.80. The van der Waals surface area contributed by atoms with Gasteiger partial charge in [-0.15, -0.1) is 0 Å². The molecule has 7 nitrogen and oxygen atoms in total. The molecule has 2 heterocycles. The Labute approximate surface area is 124 Å².